The average Bonchev–Trinajstić information content (AvgIpc) is 2.91. The molecule has 4 nitrogen and oxygen atoms in total. The summed E-state index contributed by atoms with van der Waals surface area (Å²) >= 11 is 11.9. The van der Waals surface area contributed by atoms with Gasteiger partial charge in [0.25, 0.3) is 0 Å². The van der Waals surface area contributed by atoms with Crippen LogP contribution < -0.4 is 11.1 Å². The zero-order valence-corrected chi connectivity index (χ0v) is 15.8. The first-order chi connectivity index (χ1) is 11.5. The van der Waals surface area contributed by atoms with Gasteiger partial charge in [-0.25, -0.2) is 0 Å². The molecule has 3 N–H and O–H groups in total. The lowest BCUT2D eigenvalue weighted by Crippen LogP contribution is -2.33. The minimum Gasteiger partial charge on any atom is -0.326 e. The Morgan fingerprint density at radius 1 is 1.16 bits per heavy atom. The maximum absolute atomic E-state index is 12.3. The average molecular weight is 401 g/mol. The minimum absolute atomic E-state index is 0. The van der Waals surface area contributed by atoms with E-state index in [-0.39, 0.29) is 36.8 Å². The van der Waals surface area contributed by atoms with Crippen molar-refractivity contribution in [3.8, 4) is 0 Å². The van der Waals surface area contributed by atoms with Crippen LogP contribution >= 0.6 is 35.6 Å². The van der Waals surface area contributed by atoms with E-state index in [4.69, 9.17) is 28.9 Å². The molecular formula is C18H20Cl3N3O. The van der Waals surface area contributed by atoms with Crippen LogP contribution in [-0.4, -0.2) is 36.5 Å². The van der Waals surface area contributed by atoms with Crippen LogP contribution in [0.25, 0.3) is 0 Å². The maximum Gasteiger partial charge on any atom is 0.238 e. The van der Waals surface area contributed by atoms with E-state index in [0.29, 0.717) is 22.3 Å². The van der Waals surface area contributed by atoms with E-state index in [2.05, 4.69) is 22.3 Å². The van der Waals surface area contributed by atoms with Crippen LogP contribution in [0.2, 0.25) is 10.0 Å². The molecule has 2 atom stereocenters. The standard InChI is InChI=1S/C18H19Cl2N3O.ClH/c19-13-6-7-17(15(20)8-13)22-18(24)11-23-9-14(16(21)10-23)12-4-2-1-3-5-12;/h1-8,14,16H,9-11,21H2,(H,22,24);1H/t14-,16+;/m0./s1. The Bertz CT molecular complexity index is 727. The molecule has 0 saturated carbocycles. The summed E-state index contributed by atoms with van der Waals surface area (Å²) in [6.07, 6.45) is 0. The molecule has 0 aliphatic carbocycles. The van der Waals surface area contributed by atoms with E-state index in [1.165, 1.54) is 5.56 Å². The Labute approximate surface area is 163 Å². The number of likely N-dealkylation sites (tertiary alicyclic amines) is 1. The third-order valence-electron chi connectivity index (χ3n) is 4.24. The summed E-state index contributed by atoms with van der Waals surface area (Å²) < 4.78 is 0. The van der Waals surface area contributed by atoms with Gasteiger partial charge >= 0.3 is 0 Å². The Kier molecular flexibility index (Phi) is 7.11. The van der Waals surface area contributed by atoms with Gasteiger partial charge in [-0.1, -0.05) is 53.5 Å². The van der Waals surface area contributed by atoms with Gasteiger partial charge in [0.2, 0.25) is 5.91 Å². The van der Waals surface area contributed by atoms with E-state index in [1.807, 2.05) is 18.2 Å². The van der Waals surface area contributed by atoms with Gasteiger partial charge in [-0.15, -0.1) is 12.4 Å². The number of nitrogens with two attached hydrogens (primary N) is 1. The van der Waals surface area contributed by atoms with Gasteiger partial charge in [-0.3, -0.25) is 9.69 Å². The number of amides is 1. The highest BCUT2D eigenvalue weighted by atomic mass is 35.5. The third-order valence-corrected chi connectivity index (χ3v) is 4.79. The summed E-state index contributed by atoms with van der Waals surface area (Å²) in [5, 5.41) is 3.79. The number of anilines is 1. The fraction of sp³-hybridized carbons (Fsp3) is 0.278. The van der Waals surface area contributed by atoms with Gasteiger partial charge in [0.1, 0.15) is 0 Å². The molecule has 0 unspecified atom stereocenters. The smallest absolute Gasteiger partial charge is 0.238 e. The summed E-state index contributed by atoms with van der Waals surface area (Å²) in [5.74, 6) is 0.137. The van der Waals surface area contributed by atoms with Crippen molar-refractivity contribution in [1.82, 2.24) is 4.90 Å². The molecule has 1 aliphatic heterocycles. The molecule has 0 bridgehead atoms. The summed E-state index contributed by atoms with van der Waals surface area (Å²) in [4.78, 5) is 14.3. The van der Waals surface area contributed by atoms with E-state index >= 15 is 0 Å². The first kappa shape index (κ1) is 20.0. The Hall–Kier alpha value is -1.30. The quantitative estimate of drug-likeness (QED) is 0.821. The predicted molar refractivity (Wildman–Crippen MR) is 106 cm³/mol. The summed E-state index contributed by atoms with van der Waals surface area (Å²) in [6.45, 7) is 1.75. The molecule has 0 radical (unpaired) electrons. The molecule has 0 aromatic heterocycles. The molecule has 1 aliphatic rings. The van der Waals surface area contributed by atoms with Gasteiger partial charge < -0.3 is 11.1 Å². The van der Waals surface area contributed by atoms with Gasteiger partial charge in [0.05, 0.1) is 17.3 Å². The molecule has 3 rings (SSSR count). The zero-order valence-electron chi connectivity index (χ0n) is 13.5. The maximum atomic E-state index is 12.3. The number of hydrogen-bond donors (Lipinski definition) is 2. The number of rotatable bonds is 4. The van der Waals surface area contributed by atoms with E-state index in [0.717, 1.165) is 6.54 Å². The van der Waals surface area contributed by atoms with Crippen LogP contribution in [0.3, 0.4) is 0 Å². The molecule has 1 heterocycles. The van der Waals surface area contributed by atoms with Crippen molar-refractivity contribution in [1.29, 1.82) is 0 Å². The molecule has 1 amide bonds. The second-order valence-electron chi connectivity index (χ2n) is 6.05. The van der Waals surface area contributed by atoms with Crippen LogP contribution in [0.15, 0.2) is 48.5 Å². The molecule has 2 aromatic carbocycles. The Morgan fingerprint density at radius 2 is 1.88 bits per heavy atom. The molecule has 134 valence electrons. The van der Waals surface area contributed by atoms with Gasteiger partial charge in [0, 0.05) is 30.1 Å². The van der Waals surface area contributed by atoms with Crippen molar-refractivity contribution in [2.24, 2.45) is 5.73 Å². The number of nitrogens with zero attached hydrogens (tertiary/aromatic N) is 1. The van der Waals surface area contributed by atoms with Crippen molar-refractivity contribution in [3.63, 3.8) is 0 Å². The van der Waals surface area contributed by atoms with Gasteiger partial charge in [-0.2, -0.15) is 0 Å². The number of nitrogens with one attached hydrogen (secondary N) is 1. The van der Waals surface area contributed by atoms with Crippen molar-refractivity contribution in [3.05, 3.63) is 64.1 Å². The minimum atomic E-state index is -0.111. The SMILES string of the molecule is Cl.N[C@@H]1CN(CC(=O)Nc2ccc(Cl)cc2Cl)C[C@H]1c1ccccc1. The van der Waals surface area contributed by atoms with Gasteiger partial charge in [-0.05, 0) is 23.8 Å². The van der Waals surface area contributed by atoms with Crippen LogP contribution in [0.5, 0.6) is 0 Å². The number of carbonyl (C=O) groups is 1. The normalized spacial score (nSPS) is 20.1. The largest absolute Gasteiger partial charge is 0.326 e. The van der Waals surface area contributed by atoms with Crippen molar-refractivity contribution in [2.45, 2.75) is 12.0 Å². The highest BCUT2D eigenvalue weighted by molar-refractivity contribution is 6.36. The Balaban J connectivity index is 0.00000225. The van der Waals surface area contributed by atoms with Crippen molar-refractivity contribution < 1.29 is 4.79 Å². The Morgan fingerprint density at radius 3 is 2.56 bits per heavy atom. The fourth-order valence-electron chi connectivity index (χ4n) is 3.08. The number of carbonyl (C=O) groups excluding carboxylic acids is 1. The lowest BCUT2D eigenvalue weighted by molar-refractivity contribution is -0.117. The highest BCUT2D eigenvalue weighted by Crippen LogP contribution is 2.27. The van der Waals surface area contributed by atoms with Crippen LogP contribution in [0, 0.1) is 0 Å². The molecule has 25 heavy (non-hydrogen) atoms. The number of benzene rings is 2. The number of halogens is 3. The molecular weight excluding hydrogens is 381 g/mol. The molecule has 7 heteroatoms. The fourth-order valence-corrected chi connectivity index (χ4v) is 3.53. The third kappa shape index (κ3) is 5.09. The monoisotopic (exact) mass is 399 g/mol. The second kappa shape index (κ2) is 8.88. The lowest BCUT2D eigenvalue weighted by atomic mass is 9.95. The molecule has 0 spiro atoms. The van der Waals surface area contributed by atoms with Crippen molar-refractivity contribution >= 4 is 47.2 Å². The molecule has 2 aromatic rings. The number of hydrogen-bond acceptors (Lipinski definition) is 3. The molecule has 1 saturated heterocycles. The topological polar surface area (TPSA) is 58.4 Å². The predicted octanol–water partition coefficient (Wildman–Crippen LogP) is 3.78. The van der Waals surface area contributed by atoms with Crippen LogP contribution in [-0.2, 0) is 4.79 Å². The van der Waals surface area contributed by atoms with E-state index in [1.54, 1.807) is 18.2 Å². The van der Waals surface area contributed by atoms with Crippen LogP contribution in [0.4, 0.5) is 5.69 Å². The summed E-state index contributed by atoms with van der Waals surface area (Å²) in [5.41, 5.74) is 8.04. The lowest BCUT2D eigenvalue weighted by Gasteiger charge is -2.16. The first-order valence-electron chi connectivity index (χ1n) is 7.80. The zero-order chi connectivity index (χ0) is 17.1. The molecule has 1 fully saturated rings. The second-order valence-corrected chi connectivity index (χ2v) is 6.89. The van der Waals surface area contributed by atoms with E-state index < -0.39 is 0 Å². The highest BCUT2D eigenvalue weighted by Gasteiger charge is 2.32. The van der Waals surface area contributed by atoms with Gasteiger partial charge in [0.15, 0.2) is 0 Å². The van der Waals surface area contributed by atoms with E-state index in [9.17, 15) is 4.79 Å². The van der Waals surface area contributed by atoms with Crippen LogP contribution in [0.1, 0.15) is 11.5 Å². The summed E-state index contributed by atoms with van der Waals surface area (Å²) in [6, 6.07) is 15.2. The first-order valence-corrected chi connectivity index (χ1v) is 8.56. The summed E-state index contributed by atoms with van der Waals surface area (Å²) in [7, 11) is 0. The van der Waals surface area contributed by atoms with Crippen molar-refractivity contribution in [2.75, 3.05) is 25.0 Å².